The predicted octanol–water partition coefficient (Wildman–Crippen LogP) is 3.35. The summed E-state index contributed by atoms with van der Waals surface area (Å²) >= 11 is 6.38. The summed E-state index contributed by atoms with van der Waals surface area (Å²) < 4.78 is 0. The average molecular weight is 292 g/mol. The Labute approximate surface area is 125 Å². The molecule has 0 unspecified atom stereocenters. The van der Waals surface area contributed by atoms with Crippen LogP contribution in [0.25, 0.3) is 10.9 Å². The molecule has 0 radical (unpaired) electrons. The summed E-state index contributed by atoms with van der Waals surface area (Å²) in [5, 5.41) is 2.08. The van der Waals surface area contributed by atoms with E-state index in [4.69, 9.17) is 17.3 Å². The third-order valence-electron chi connectivity index (χ3n) is 4.39. The molecule has 1 aliphatic heterocycles. The van der Waals surface area contributed by atoms with Gasteiger partial charge in [0.25, 0.3) is 0 Å². The summed E-state index contributed by atoms with van der Waals surface area (Å²) in [7, 11) is 0. The van der Waals surface area contributed by atoms with E-state index < -0.39 is 0 Å². The summed E-state index contributed by atoms with van der Waals surface area (Å²) in [5.41, 5.74) is 8.13. The minimum Gasteiger partial charge on any atom is -0.361 e. The second kappa shape index (κ2) is 6.17. The highest BCUT2D eigenvalue weighted by Gasteiger charge is 2.23. The lowest BCUT2D eigenvalue weighted by molar-refractivity contribution is 0.212. The van der Waals surface area contributed by atoms with Crippen LogP contribution in [0, 0.1) is 0 Å². The van der Waals surface area contributed by atoms with Gasteiger partial charge >= 0.3 is 0 Å². The normalized spacial score (nSPS) is 17.9. The van der Waals surface area contributed by atoms with Crippen molar-refractivity contribution >= 4 is 22.5 Å². The summed E-state index contributed by atoms with van der Waals surface area (Å²) in [5.74, 6) is 0.623. The second-order valence-electron chi connectivity index (χ2n) is 5.66. The SMILES string of the molecule is NCCCN1CCC(c2c[nH]c3cccc(Cl)c23)CC1. The Hall–Kier alpha value is -1.03. The van der Waals surface area contributed by atoms with Crippen molar-refractivity contribution in [3.8, 4) is 0 Å². The van der Waals surface area contributed by atoms with Crippen molar-refractivity contribution in [2.24, 2.45) is 5.73 Å². The van der Waals surface area contributed by atoms with Gasteiger partial charge < -0.3 is 15.6 Å². The van der Waals surface area contributed by atoms with Crippen LogP contribution in [0.2, 0.25) is 5.02 Å². The Kier molecular flexibility index (Phi) is 4.29. The molecule has 0 saturated carbocycles. The fourth-order valence-corrected chi connectivity index (χ4v) is 3.55. The minimum atomic E-state index is 0.623. The Morgan fingerprint density at radius 2 is 2.10 bits per heavy atom. The molecule has 1 fully saturated rings. The van der Waals surface area contributed by atoms with Gasteiger partial charge in [0.2, 0.25) is 0 Å². The number of nitrogens with two attached hydrogens (primary N) is 1. The Balaban J connectivity index is 1.74. The van der Waals surface area contributed by atoms with E-state index in [1.54, 1.807) is 0 Å². The zero-order valence-electron chi connectivity index (χ0n) is 11.7. The van der Waals surface area contributed by atoms with Gasteiger partial charge in [-0.25, -0.2) is 0 Å². The molecule has 2 heterocycles. The quantitative estimate of drug-likeness (QED) is 0.907. The lowest BCUT2D eigenvalue weighted by Crippen LogP contribution is -2.34. The topological polar surface area (TPSA) is 45.0 Å². The molecule has 3 rings (SSSR count). The number of rotatable bonds is 4. The van der Waals surface area contributed by atoms with E-state index >= 15 is 0 Å². The maximum Gasteiger partial charge on any atom is 0.0502 e. The van der Waals surface area contributed by atoms with E-state index in [1.807, 2.05) is 12.1 Å². The van der Waals surface area contributed by atoms with Crippen molar-refractivity contribution < 1.29 is 0 Å². The zero-order chi connectivity index (χ0) is 13.9. The number of piperidine rings is 1. The van der Waals surface area contributed by atoms with Crippen molar-refractivity contribution in [3.05, 3.63) is 35.0 Å². The van der Waals surface area contributed by atoms with Gasteiger partial charge in [0.05, 0.1) is 5.02 Å². The third kappa shape index (κ3) is 2.71. The molecule has 0 aliphatic carbocycles. The molecule has 1 aromatic heterocycles. The smallest absolute Gasteiger partial charge is 0.0502 e. The molecule has 20 heavy (non-hydrogen) atoms. The lowest BCUT2D eigenvalue weighted by atomic mass is 9.89. The van der Waals surface area contributed by atoms with Crippen molar-refractivity contribution in [1.29, 1.82) is 0 Å². The van der Waals surface area contributed by atoms with Gasteiger partial charge in [0.1, 0.15) is 0 Å². The number of hydrogen-bond acceptors (Lipinski definition) is 2. The van der Waals surface area contributed by atoms with Gasteiger partial charge in [-0.3, -0.25) is 0 Å². The van der Waals surface area contributed by atoms with Crippen LogP contribution >= 0.6 is 11.6 Å². The number of fused-ring (bicyclic) bond motifs is 1. The molecule has 1 aromatic carbocycles. The number of nitrogens with zero attached hydrogens (tertiary/aromatic N) is 1. The maximum atomic E-state index is 6.38. The highest BCUT2D eigenvalue weighted by atomic mass is 35.5. The van der Waals surface area contributed by atoms with Crippen LogP contribution in [0.5, 0.6) is 0 Å². The largest absolute Gasteiger partial charge is 0.361 e. The number of halogens is 1. The van der Waals surface area contributed by atoms with E-state index in [-0.39, 0.29) is 0 Å². The average Bonchev–Trinajstić information content (AvgIpc) is 2.91. The number of benzene rings is 1. The standard InChI is InChI=1S/C16H22ClN3/c17-14-3-1-4-15-16(14)13(11-19-15)12-5-9-20(10-6-12)8-2-7-18/h1,3-4,11-12,19H,2,5-10,18H2. The van der Waals surface area contributed by atoms with Crippen LogP contribution in [-0.2, 0) is 0 Å². The predicted molar refractivity (Wildman–Crippen MR) is 85.4 cm³/mol. The molecule has 0 spiro atoms. The van der Waals surface area contributed by atoms with Crippen LogP contribution in [0.1, 0.15) is 30.7 Å². The first-order chi connectivity index (χ1) is 9.79. The van der Waals surface area contributed by atoms with Crippen LogP contribution in [0.3, 0.4) is 0 Å². The number of aromatic amines is 1. The number of aromatic nitrogens is 1. The Morgan fingerprint density at radius 1 is 1.30 bits per heavy atom. The number of nitrogens with one attached hydrogen (secondary N) is 1. The molecule has 3 nitrogen and oxygen atoms in total. The summed E-state index contributed by atoms with van der Waals surface area (Å²) in [6, 6.07) is 6.08. The van der Waals surface area contributed by atoms with E-state index in [1.165, 1.54) is 36.9 Å². The van der Waals surface area contributed by atoms with E-state index in [0.29, 0.717) is 5.92 Å². The highest BCUT2D eigenvalue weighted by molar-refractivity contribution is 6.35. The number of likely N-dealkylation sites (tertiary alicyclic amines) is 1. The van der Waals surface area contributed by atoms with E-state index in [2.05, 4.69) is 22.1 Å². The van der Waals surface area contributed by atoms with Gasteiger partial charge in [-0.05, 0) is 69.1 Å². The first-order valence-electron chi connectivity index (χ1n) is 7.47. The molecular weight excluding hydrogens is 270 g/mol. The molecule has 2 aromatic rings. The Bertz CT molecular complexity index is 570. The van der Waals surface area contributed by atoms with Crippen molar-refractivity contribution in [3.63, 3.8) is 0 Å². The summed E-state index contributed by atoms with van der Waals surface area (Å²) in [6.45, 7) is 4.26. The molecule has 4 heteroatoms. The molecule has 0 atom stereocenters. The van der Waals surface area contributed by atoms with Crippen molar-refractivity contribution in [2.75, 3.05) is 26.2 Å². The third-order valence-corrected chi connectivity index (χ3v) is 4.71. The summed E-state index contributed by atoms with van der Waals surface area (Å²) in [4.78, 5) is 5.88. The molecule has 0 amide bonds. The van der Waals surface area contributed by atoms with E-state index in [0.717, 1.165) is 30.0 Å². The number of H-pyrrole nitrogens is 1. The van der Waals surface area contributed by atoms with Crippen LogP contribution in [0.4, 0.5) is 0 Å². The fourth-order valence-electron chi connectivity index (χ4n) is 3.27. The van der Waals surface area contributed by atoms with Gasteiger partial charge in [-0.15, -0.1) is 0 Å². The molecule has 3 N–H and O–H groups in total. The van der Waals surface area contributed by atoms with Gasteiger partial charge in [-0.2, -0.15) is 0 Å². The molecule has 1 saturated heterocycles. The van der Waals surface area contributed by atoms with Gasteiger partial charge in [0, 0.05) is 17.1 Å². The Morgan fingerprint density at radius 3 is 2.85 bits per heavy atom. The molecule has 1 aliphatic rings. The molecule has 0 bridgehead atoms. The zero-order valence-corrected chi connectivity index (χ0v) is 12.5. The lowest BCUT2D eigenvalue weighted by Gasteiger charge is -2.31. The first kappa shape index (κ1) is 13.9. The number of hydrogen-bond donors (Lipinski definition) is 2. The molecule has 108 valence electrons. The van der Waals surface area contributed by atoms with Gasteiger partial charge in [0.15, 0.2) is 0 Å². The van der Waals surface area contributed by atoms with Crippen LogP contribution < -0.4 is 5.73 Å². The summed E-state index contributed by atoms with van der Waals surface area (Å²) in [6.07, 6.45) is 5.67. The second-order valence-corrected chi connectivity index (χ2v) is 6.07. The van der Waals surface area contributed by atoms with Crippen LogP contribution in [-0.4, -0.2) is 36.1 Å². The van der Waals surface area contributed by atoms with Gasteiger partial charge in [-0.1, -0.05) is 17.7 Å². The van der Waals surface area contributed by atoms with E-state index in [9.17, 15) is 0 Å². The molecular formula is C16H22ClN3. The van der Waals surface area contributed by atoms with Crippen LogP contribution in [0.15, 0.2) is 24.4 Å². The van der Waals surface area contributed by atoms with Crippen molar-refractivity contribution in [1.82, 2.24) is 9.88 Å². The first-order valence-corrected chi connectivity index (χ1v) is 7.85. The maximum absolute atomic E-state index is 6.38. The highest BCUT2D eigenvalue weighted by Crippen LogP contribution is 2.36. The monoisotopic (exact) mass is 291 g/mol. The van der Waals surface area contributed by atoms with Crippen molar-refractivity contribution in [2.45, 2.75) is 25.2 Å². The minimum absolute atomic E-state index is 0.623. The fraction of sp³-hybridized carbons (Fsp3) is 0.500.